The van der Waals surface area contributed by atoms with Crippen LogP contribution in [0.3, 0.4) is 0 Å². The number of thiophene rings is 1. The molecule has 1 aromatic heterocycles. The summed E-state index contributed by atoms with van der Waals surface area (Å²) in [5, 5.41) is 10.1. The van der Waals surface area contributed by atoms with Gasteiger partial charge in [-0.1, -0.05) is 30.4 Å². The highest BCUT2D eigenvalue weighted by atomic mass is 32.1. The number of carbonyl (C=O) groups excluding carboxylic acids is 1. The Hall–Kier alpha value is -2.14. The molecule has 2 aliphatic carbocycles. The molecule has 0 spiro atoms. The molecule has 3 atom stereocenters. The number of hydrogen-bond donors (Lipinski definition) is 1. The van der Waals surface area contributed by atoms with Crippen LogP contribution >= 0.6 is 11.3 Å². The van der Waals surface area contributed by atoms with Gasteiger partial charge in [0.15, 0.2) is 0 Å². The van der Waals surface area contributed by atoms with E-state index < -0.39 is 5.97 Å². The van der Waals surface area contributed by atoms with Gasteiger partial charge in [0.25, 0.3) is 0 Å². The Bertz CT molecular complexity index is 1070. The second-order valence-corrected chi connectivity index (χ2v) is 13.0. The summed E-state index contributed by atoms with van der Waals surface area (Å²) in [5.41, 5.74) is 1.62. The van der Waals surface area contributed by atoms with Crippen molar-refractivity contribution in [1.29, 1.82) is 0 Å². The zero-order valence-corrected chi connectivity index (χ0v) is 23.7. The molecule has 2 heterocycles. The molecule has 1 amide bonds. The van der Waals surface area contributed by atoms with E-state index in [0.717, 1.165) is 45.1 Å². The van der Waals surface area contributed by atoms with Gasteiger partial charge in [-0.3, -0.25) is 4.79 Å². The smallest absolute Gasteiger partial charge is 0.348 e. The lowest BCUT2D eigenvalue weighted by Gasteiger charge is -2.40. The van der Waals surface area contributed by atoms with Gasteiger partial charge in [0.05, 0.1) is 29.4 Å². The molecule has 1 saturated carbocycles. The van der Waals surface area contributed by atoms with Gasteiger partial charge in [-0.25, -0.2) is 4.79 Å². The molecule has 0 bridgehead atoms. The summed E-state index contributed by atoms with van der Waals surface area (Å²) in [7, 11) is 0. The van der Waals surface area contributed by atoms with Crippen LogP contribution in [0.1, 0.15) is 94.1 Å². The Balaban J connectivity index is 1.63. The van der Waals surface area contributed by atoms with E-state index in [2.05, 4.69) is 31.8 Å². The van der Waals surface area contributed by atoms with Crippen molar-refractivity contribution in [3.63, 3.8) is 0 Å². The van der Waals surface area contributed by atoms with Crippen molar-refractivity contribution in [3.05, 3.63) is 27.5 Å². The van der Waals surface area contributed by atoms with Gasteiger partial charge in [0, 0.05) is 24.0 Å². The lowest BCUT2D eigenvalue weighted by atomic mass is 9.79. The summed E-state index contributed by atoms with van der Waals surface area (Å²) in [4.78, 5) is 29.3. The predicted octanol–water partition coefficient (Wildman–Crippen LogP) is 6.29. The van der Waals surface area contributed by atoms with Crippen LogP contribution in [0.15, 0.2) is 17.7 Å². The first-order valence-electron chi connectivity index (χ1n) is 13.6. The summed E-state index contributed by atoms with van der Waals surface area (Å²) in [6.45, 7) is 11.8. The zero-order valence-electron chi connectivity index (χ0n) is 22.8. The van der Waals surface area contributed by atoms with E-state index in [4.69, 9.17) is 9.47 Å². The predicted molar refractivity (Wildman–Crippen MR) is 147 cm³/mol. The molecule has 0 unspecified atom stereocenters. The molecule has 7 heteroatoms. The summed E-state index contributed by atoms with van der Waals surface area (Å²) in [5.74, 6) is 5.47. The van der Waals surface area contributed by atoms with E-state index >= 15 is 0 Å². The molecule has 1 N–H and O–H groups in total. The molecule has 202 valence electrons. The van der Waals surface area contributed by atoms with Crippen LogP contribution < -0.4 is 4.90 Å². The molecule has 0 radical (unpaired) electrons. The number of aromatic carboxylic acids is 1. The van der Waals surface area contributed by atoms with Crippen molar-refractivity contribution >= 4 is 28.9 Å². The maximum atomic E-state index is 14.2. The van der Waals surface area contributed by atoms with Crippen LogP contribution in [0.4, 0.5) is 5.69 Å². The molecular weight excluding hydrogens is 486 g/mol. The molecule has 6 nitrogen and oxygen atoms in total. The highest BCUT2D eigenvalue weighted by Gasteiger charge is 2.39. The van der Waals surface area contributed by atoms with Crippen LogP contribution in [0.25, 0.3) is 0 Å². The molecule has 1 saturated heterocycles. The van der Waals surface area contributed by atoms with E-state index in [0.29, 0.717) is 23.6 Å². The molecule has 0 aromatic carbocycles. The van der Waals surface area contributed by atoms with E-state index in [1.807, 2.05) is 31.7 Å². The van der Waals surface area contributed by atoms with E-state index in [-0.39, 0.29) is 46.3 Å². The first-order valence-corrected chi connectivity index (χ1v) is 14.5. The number of carbonyl (C=O) groups is 2. The number of nitrogens with zero attached hydrogens (tertiary/aromatic N) is 1. The van der Waals surface area contributed by atoms with Crippen molar-refractivity contribution in [3.8, 4) is 11.8 Å². The van der Waals surface area contributed by atoms with E-state index in [1.54, 1.807) is 0 Å². The van der Waals surface area contributed by atoms with Gasteiger partial charge < -0.3 is 19.5 Å². The highest BCUT2D eigenvalue weighted by Crippen LogP contribution is 2.39. The largest absolute Gasteiger partial charge is 0.477 e. The van der Waals surface area contributed by atoms with Gasteiger partial charge in [-0.2, -0.15) is 0 Å². The Kier molecular flexibility index (Phi) is 8.83. The number of anilines is 1. The van der Waals surface area contributed by atoms with Gasteiger partial charge in [-0.15, -0.1) is 11.3 Å². The third kappa shape index (κ3) is 7.04. The maximum absolute atomic E-state index is 14.2. The Morgan fingerprint density at radius 1 is 1.16 bits per heavy atom. The topological polar surface area (TPSA) is 76.1 Å². The second kappa shape index (κ2) is 11.7. The second-order valence-electron chi connectivity index (χ2n) is 12.0. The van der Waals surface area contributed by atoms with Crippen molar-refractivity contribution < 1.29 is 24.2 Å². The van der Waals surface area contributed by atoms with Crippen molar-refractivity contribution in [2.45, 2.75) is 97.8 Å². The SMILES string of the molecule is CC1=CC[C@H](C(=O)N(c2cc(C#CC(C)(C)C)sc2C(=O)O)C2CCC(O[C@@H]3CCOC3)CC2)[C@H](C)C1. The first kappa shape index (κ1) is 27.9. The van der Waals surface area contributed by atoms with Gasteiger partial charge in [-0.05, 0) is 84.6 Å². The third-order valence-corrected chi connectivity index (χ3v) is 8.64. The lowest BCUT2D eigenvalue weighted by Crippen LogP contribution is -2.48. The summed E-state index contributed by atoms with van der Waals surface area (Å²) in [6.07, 6.45) is 8.31. The minimum atomic E-state index is -1.01. The van der Waals surface area contributed by atoms with E-state index in [9.17, 15) is 14.7 Å². The number of carboxylic acid groups (broad SMARTS) is 1. The quantitative estimate of drug-likeness (QED) is 0.348. The maximum Gasteiger partial charge on any atom is 0.348 e. The van der Waals surface area contributed by atoms with Crippen LogP contribution in [-0.2, 0) is 14.3 Å². The Morgan fingerprint density at radius 3 is 2.49 bits per heavy atom. The number of allylic oxidation sites excluding steroid dienone is 2. The number of rotatable bonds is 6. The summed E-state index contributed by atoms with van der Waals surface area (Å²) >= 11 is 1.17. The minimum absolute atomic E-state index is 0.0421. The fraction of sp³-hybridized carbons (Fsp3) is 0.667. The number of carboxylic acids is 1. The summed E-state index contributed by atoms with van der Waals surface area (Å²) < 4.78 is 11.7. The van der Waals surface area contributed by atoms with Crippen molar-refractivity contribution in [2.24, 2.45) is 17.3 Å². The molecule has 3 aliphatic rings. The molecule has 1 aliphatic heterocycles. The Morgan fingerprint density at radius 2 is 1.89 bits per heavy atom. The zero-order chi connectivity index (χ0) is 26.7. The average molecular weight is 528 g/mol. The molecule has 2 fully saturated rings. The highest BCUT2D eigenvalue weighted by molar-refractivity contribution is 7.15. The molecule has 1 aromatic rings. The summed E-state index contributed by atoms with van der Waals surface area (Å²) in [6, 6.07) is 1.78. The van der Waals surface area contributed by atoms with Crippen molar-refractivity contribution in [1.82, 2.24) is 0 Å². The van der Waals surface area contributed by atoms with Crippen molar-refractivity contribution in [2.75, 3.05) is 18.1 Å². The van der Waals surface area contributed by atoms with Crippen LogP contribution in [0.2, 0.25) is 0 Å². The molecule has 37 heavy (non-hydrogen) atoms. The number of amides is 1. The fourth-order valence-electron chi connectivity index (χ4n) is 5.67. The first-order chi connectivity index (χ1) is 17.5. The van der Waals surface area contributed by atoms with E-state index in [1.165, 1.54) is 16.9 Å². The van der Waals surface area contributed by atoms with Gasteiger partial charge in [0.2, 0.25) is 5.91 Å². The van der Waals surface area contributed by atoms with Crippen LogP contribution in [-0.4, -0.2) is 48.4 Å². The number of hydrogen-bond acceptors (Lipinski definition) is 5. The Labute approximate surface area is 225 Å². The fourth-order valence-corrected chi connectivity index (χ4v) is 6.51. The van der Waals surface area contributed by atoms with Gasteiger partial charge >= 0.3 is 5.97 Å². The number of ether oxygens (including phenoxy) is 2. The normalized spacial score (nSPS) is 28.2. The monoisotopic (exact) mass is 527 g/mol. The van der Waals surface area contributed by atoms with Crippen LogP contribution in [0, 0.1) is 29.1 Å². The lowest BCUT2D eigenvalue weighted by molar-refractivity contribution is -0.124. The molecular formula is C30H41NO5S. The third-order valence-electron chi connectivity index (χ3n) is 7.61. The van der Waals surface area contributed by atoms with Gasteiger partial charge in [0.1, 0.15) is 4.88 Å². The molecule has 4 rings (SSSR count). The minimum Gasteiger partial charge on any atom is -0.477 e. The standard InChI is InChI=1S/C30H41NO5S/c1-19-6-11-25(20(2)16-19)28(32)31(21-7-9-22(10-8-21)36-23-13-15-35-18-23)26-17-24(12-14-30(3,4)5)37-27(26)29(33)34/h6,17,20-23,25H,7-11,13,15-16,18H2,1-5H3,(H,33,34)/t20-,21?,22?,23-,25+/m1/s1. The van der Waals surface area contributed by atoms with Crippen LogP contribution in [0.5, 0.6) is 0 Å². The average Bonchev–Trinajstić information content (AvgIpc) is 3.49.